The minimum Gasteiger partial charge on any atom is -0.472 e. The number of nitrogens with one attached hydrogen (secondary N) is 2. The third-order valence-corrected chi connectivity index (χ3v) is 6.03. The lowest BCUT2D eigenvalue weighted by atomic mass is 9.89. The summed E-state index contributed by atoms with van der Waals surface area (Å²) >= 11 is 1.70. The monoisotopic (exact) mass is 382 g/mol. The van der Waals surface area contributed by atoms with Crippen molar-refractivity contribution < 1.29 is 4.74 Å². The normalized spacial score (nSPS) is 22.4. The average molecular weight is 382 g/mol. The van der Waals surface area contributed by atoms with E-state index in [4.69, 9.17) is 4.74 Å². The number of aromatic nitrogens is 3. The molecule has 2 fully saturated rings. The summed E-state index contributed by atoms with van der Waals surface area (Å²) in [6.07, 6.45) is 5.52. The molecule has 1 aliphatic carbocycles. The van der Waals surface area contributed by atoms with Crippen LogP contribution in [0.15, 0.2) is 36.7 Å². The van der Waals surface area contributed by atoms with Gasteiger partial charge in [0.2, 0.25) is 0 Å². The first-order chi connectivity index (χ1) is 13.3. The van der Waals surface area contributed by atoms with E-state index in [-0.39, 0.29) is 6.10 Å². The number of thiazole rings is 1. The summed E-state index contributed by atoms with van der Waals surface area (Å²) in [4.78, 5) is 15.8. The van der Waals surface area contributed by atoms with Crippen LogP contribution in [-0.4, -0.2) is 53.3 Å². The molecule has 3 heterocycles. The predicted octanol–water partition coefficient (Wildman–Crippen LogP) is 2.52. The van der Waals surface area contributed by atoms with Crippen molar-refractivity contribution in [1.82, 2.24) is 20.3 Å². The summed E-state index contributed by atoms with van der Waals surface area (Å²) in [5, 5.41) is 7.88. The van der Waals surface area contributed by atoms with Crippen molar-refractivity contribution in [2.75, 3.05) is 36.4 Å². The summed E-state index contributed by atoms with van der Waals surface area (Å²) in [6.45, 7) is 3.80. The maximum atomic E-state index is 6.17. The van der Waals surface area contributed by atoms with Crippen molar-refractivity contribution in [1.29, 1.82) is 0 Å². The number of benzene rings is 1. The largest absolute Gasteiger partial charge is 0.472 e. The third-order valence-electron chi connectivity index (χ3n) is 5.06. The Labute approximate surface area is 161 Å². The average Bonchev–Trinajstić information content (AvgIpc) is 3.10. The van der Waals surface area contributed by atoms with Gasteiger partial charge < -0.3 is 20.3 Å². The first-order valence-corrected chi connectivity index (χ1v) is 10.2. The smallest absolute Gasteiger partial charge is 0.257 e. The van der Waals surface area contributed by atoms with Crippen LogP contribution in [0.1, 0.15) is 12.8 Å². The lowest BCUT2D eigenvalue weighted by Gasteiger charge is -2.36. The molecule has 0 radical (unpaired) electrons. The molecule has 0 spiro atoms. The lowest BCUT2D eigenvalue weighted by molar-refractivity contribution is 0.103. The fraction of sp³-hybridized carbons (Fsp3) is 0.421. The summed E-state index contributed by atoms with van der Waals surface area (Å²) < 4.78 is 7.38. The van der Waals surface area contributed by atoms with E-state index in [1.54, 1.807) is 23.7 Å². The highest BCUT2D eigenvalue weighted by atomic mass is 32.1. The molecule has 27 heavy (non-hydrogen) atoms. The van der Waals surface area contributed by atoms with Crippen molar-refractivity contribution in [3.05, 3.63) is 36.7 Å². The number of anilines is 2. The van der Waals surface area contributed by atoms with Crippen LogP contribution in [0.2, 0.25) is 0 Å². The molecular formula is C19H22N6OS. The molecule has 0 atom stereocenters. The fourth-order valence-corrected chi connectivity index (χ4v) is 4.48. The van der Waals surface area contributed by atoms with Gasteiger partial charge in [0.25, 0.3) is 5.88 Å². The van der Waals surface area contributed by atoms with Crippen LogP contribution in [0.4, 0.5) is 10.9 Å². The highest BCUT2D eigenvalue weighted by Gasteiger charge is 2.33. The Morgan fingerprint density at radius 1 is 1.11 bits per heavy atom. The van der Waals surface area contributed by atoms with Crippen LogP contribution in [0.3, 0.4) is 0 Å². The summed E-state index contributed by atoms with van der Waals surface area (Å²) in [5.41, 5.74) is 1.05. The minimum atomic E-state index is 0.176. The lowest BCUT2D eigenvalue weighted by Crippen LogP contribution is -2.45. The van der Waals surface area contributed by atoms with Gasteiger partial charge >= 0.3 is 0 Å². The first-order valence-electron chi connectivity index (χ1n) is 9.40. The number of para-hydroxylation sites is 1. The maximum absolute atomic E-state index is 6.17. The Morgan fingerprint density at radius 2 is 1.93 bits per heavy atom. The second-order valence-corrected chi connectivity index (χ2v) is 7.99. The second kappa shape index (κ2) is 7.28. The number of rotatable bonds is 5. The van der Waals surface area contributed by atoms with E-state index in [2.05, 4.69) is 42.6 Å². The Bertz CT molecular complexity index is 886. The Morgan fingerprint density at radius 3 is 2.78 bits per heavy atom. The number of fused-ring (bicyclic) bond motifs is 1. The van der Waals surface area contributed by atoms with Crippen LogP contribution >= 0.6 is 11.3 Å². The molecule has 5 rings (SSSR count). The molecule has 8 heteroatoms. The van der Waals surface area contributed by atoms with Crippen molar-refractivity contribution in [3.8, 4) is 5.88 Å². The van der Waals surface area contributed by atoms with E-state index in [1.807, 2.05) is 12.1 Å². The predicted molar refractivity (Wildman–Crippen MR) is 108 cm³/mol. The number of hydrogen-bond donors (Lipinski definition) is 2. The molecule has 1 aliphatic heterocycles. The molecule has 0 amide bonds. The van der Waals surface area contributed by atoms with Gasteiger partial charge in [-0.2, -0.15) is 0 Å². The van der Waals surface area contributed by atoms with Gasteiger partial charge in [-0.15, -0.1) is 0 Å². The molecule has 3 aromatic rings. The zero-order valence-corrected chi connectivity index (χ0v) is 15.8. The van der Waals surface area contributed by atoms with Crippen LogP contribution in [0.5, 0.6) is 5.88 Å². The number of ether oxygens (including phenoxy) is 1. The summed E-state index contributed by atoms with van der Waals surface area (Å²) in [5.74, 6) is 1.52. The number of nitrogens with zero attached hydrogens (tertiary/aromatic N) is 4. The van der Waals surface area contributed by atoms with Gasteiger partial charge in [0.15, 0.2) is 10.9 Å². The molecule has 2 aromatic heterocycles. The molecule has 1 aromatic carbocycles. The molecular weight excluding hydrogens is 360 g/mol. The van der Waals surface area contributed by atoms with Crippen LogP contribution < -0.4 is 20.3 Å². The SMILES string of the molecule is c1ccc2sc(NC3CC(Oc4nccnc4N4CCNCC4)C3)nc2c1. The highest BCUT2D eigenvalue weighted by Crippen LogP contribution is 2.33. The standard InChI is InChI=1S/C19H22N6OS/c1-2-4-16-15(3-1)24-19(27-16)23-13-11-14(12-13)26-18-17(21-5-6-22-18)25-9-7-20-8-10-25/h1-6,13-14,20H,7-12H2,(H,23,24). The number of piperazine rings is 1. The second-order valence-electron chi connectivity index (χ2n) is 6.96. The quantitative estimate of drug-likeness (QED) is 0.702. The van der Waals surface area contributed by atoms with Crippen LogP contribution in [0.25, 0.3) is 10.2 Å². The van der Waals surface area contributed by atoms with E-state index < -0.39 is 0 Å². The molecule has 1 saturated carbocycles. The van der Waals surface area contributed by atoms with Crippen LogP contribution in [0, 0.1) is 0 Å². The zero-order valence-electron chi connectivity index (χ0n) is 15.0. The van der Waals surface area contributed by atoms with E-state index in [0.717, 1.165) is 55.5 Å². The molecule has 7 nitrogen and oxygen atoms in total. The van der Waals surface area contributed by atoms with E-state index in [9.17, 15) is 0 Å². The van der Waals surface area contributed by atoms with Gasteiger partial charge in [-0.3, -0.25) is 0 Å². The van der Waals surface area contributed by atoms with E-state index >= 15 is 0 Å². The topological polar surface area (TPSA) is 75.2 Å². The van der Waals surface area contributed by atoms with Gasteiger partial charge in [0, 0.05) is 57.5 Å². The molecule has 140 valence electrons. The Kier molecular flexibility index (Phi) is 4.51. The summed E-state index contributed by atoms with van der Waals surface area (Å²) in [6, 6.07) is 8.63. The van der Waals surface area contributed by atoms with Crippen molar-refractivity contribution in [2.45, 2.75) is 25.0 Å². The Hall–Kier alpha value is -2.45. The zero-order chi connectivity index (χ0) is 18.1. The third kappa shape index (κ3) is 3.54. The van der Waals surface area contributed by atoms with E-state index in [0.29, 0.717) is 11.9 Å². The van der Waals surface area contributed by atoms with Gasteiger partial charge in [-0.05, 0) is 12.1 Å². The fourth-order valence-electron chi connectivity index (χ4n) is 3.54. The van der Waals surface area contributed by atoms with Gasteiger partial charge in [0.05, 0.1) is 10.2 Å². The van der Waals surface area contributed by atoms with Gasteiger partial charge in [-0.25, -0.2) is 15.0 Å². The number of hydrogen-bond acceptors (Lipinski definition) is 8. The van der Waals surface area contributed by atoms with Crippen molar-refractivity contribution >= 4 is 32.5 Å². The van der Waals surface area contributed by atoms with Crippen molar-refractivity contribution in [2.24, 2.45) is 0 Å². The van der Waals surface area contributed by atoms with Gasteiger partial charge in [0.1, 0.15) is 6.10 Å². The molecule has 0 bridgehead atoms. The van der Waals surface area contributed by atoms with Crippen molar-refractivity contribution in [3.63, 3.8) is 0 Å². The molecule has 1 saturated heterocycles. The van der Waals surface area contributed by atoms with Crippen LogP contribution in [-0.2, 0) is 0 Å². The van der Waals surface area contributed by atoms with Gasteiger partial charge in [-0.1, -0.05) is 23.5 Å². The molecule has 0 unspecified atom stereocenters. The Balaban J connectivity index is 1.19. The minimum absolute atomic E-state index is 0.176. The molecule has 2 aliphatic rings. The maximum Gasteiger partial charge on any atom is 0.257 e. The molecule has 2 N–H and O–H groups in total. The van der Waals surface area contributed by atoms with E-state index in [1.165, 1.54) is 4.70 Å². The summed E-state index contributed by atoms with van der Waals surface area (Å²) in [7, 11) is 0. The first kappa shape index (κ1) is 16.7. The highest BCUT2D eigenvalue weighted by molar-refractivity contribution is 7.22.